The van der Waals surface area contributed by atoms with Crippen molar-refractivity contribution >= 4 is 11.0 Å². The summed E-state index contributed by atoms with van der Waals surface area (Å²) in [6.07, 6.45) is -2.27. The Hall–Kier alpha value is -3.56. The van der Waals surface area contributed by atoms with Crippen LogP contribution in [0.2, 0.25) is 0 Å². The van der Waals surface area contributed by atoms with Crippen LogP contribution in [0.5, 0.6) is 6.01 Å². The molecule has 2 aromatic heterocycles. The lowest BCUT2D eigenvalue weighted by molar-refractivity contribution is -0.154. The molecule has 0 aliphatic rings. The topological polar surface area (TPSA) is 65.7 Å². The molecule has 0 spiro atoms. The maximum absolute atomic E-state index is 13.1. The molecule has 4 aromatic rings. The van der Waals surface area contributed by atoms with E-state index in [0.29, 0.717) is 23.9 Å². The van der Waals surface area contributed by atoms with Crippen LogP contribution in [0.25, 0.3) is 17.0 Å². The van der Waals surface area contributed by atoms with Gasteiger partial charge < -0.3 is 4.74 Å². The van der Waals surface area contributed by atoms with Gasteiger partial charge in [0, 0.05) is 6.42 Å². The summed E-state index contributed by atoms with van der Waals surface area (Å²) in [6, 6.07) is 12.7. The molecule has 0 N–H and O–H groups in total. The van der Waals surface area contributed by atoms with Crippen molar-refractivity contribution in [3.8, 4) is 12.0 Å². The van der Waals surface area contributed by atoms with Crippen molar-refractivity contribution in [2.75, 3.05) is 6.61 Å². The molecule has 4 rings (SSSR count). The molecule has 0 aliphatic carbocycles. The molecule has 0 saturated carbocycles. The van der Waals surface area contributed by atoms with Gasteiger partial charge in [-0.05, 0) is 36.2 Å². The van der Waals surface area contributed by atoms with E-state index >= 15 is 0 Å². The Bertz CT molecular complexity index is 1160. The van der Waals surface area contributed by atoms with Crippen LogP contribution >= 0.6 is 0 Å². The number of ether oxygens (including phenoxy) is 1. The van der Waals surface area contributed by atoms with Crippen molar-refractivity contribution in [3.05, 3.63) is 72.1 Å². The highest BCUT2D eigenvalue weighted by Crippen LogP contribution is 2.19. The second kappa shape index (κ2) is 8.05. The quantitative estimate of drug-likeness (QED) is 0.443. The average Bonchev–Trinajstić information content (AvgIpc) is 3.15. The van der Waals surface area contributed by atoms with E-state index < -0.39 is 18.8 Å². The summed E-state index contributed by atoms with van der Waals surface area (Å²) in [5, 5.41) is 0. The lowest BCUT2D eigenvalue weighted by Gasteiger charge is -2.11. The van der Waals surface area contributed by atoms with Gasteiger partial charge >= 0.3 is 12.2 Å². The predicted octanol–water partition coefficient (Wildman–Crippen LogP) is 4.08. The van der Waals surface area contributed by atoms with E-state index in [0.717, 1.165) is 5.56 Å². The van der Waals surface area contributed by atoms with Crippen LogP contribution in [-0.2, 0) is 12.8 Å². The highest BCUT2D eigenvalue weighted by atomic mass is 19.4. The number of imidazole rings is 1. The smallest absolute Gasteiger partial charge is 0.422 e. The van der Waals surface area contributed by atoms with Gasteiger partial charge in [0.05, 0.1) is 11.0 Å². The third kappa shape index (κ3) is 4.70. The van der Waals surface area contributed by atoms with Gasteiger partial charge in [-0.2, -0.15) is 28.1 Å². The standard InChI is InChI=1S/C20H15F4N5O/c21-14-8-5-13(6-9-14)7-10-17-26-18(28-19(27-17)30-11-20(22,23)24)29-12-25-15-3-1-2-4-16(15)29/h1-6,8-9,12H,7,10-11H2. The first-order valence-corrected chi connectivity index (χ1v) is 8.99. The first-order chi connectivity index (χ1) is 14.4. The monoisotopic (exact) mass is 417 g/mol. The molecule has 0 fully saturated rings. The summed E-state index contributed by atoms with van der Waals surface area (Å²) >= 11 is 0. The summed E-state index contributed by atoms with van der Waals surface area (Å²) in [4.78, 5) is 16.6. The van der Waals surface area contributed by atoms with Gasteiger partial charge in [0.25, 0.3) is 0 Å². The highest BCUT2D eigenvalue weighted by Gasteiger charge is 2.29. The molecule has 0 aliphatic heterocycles. The molecule has 0 unspecified atom stereocenters. The molecule has 0 radical (unpaired) electrons. The number of rotatable bonds is 6. The van der Waals surface area contributed by atoms with Crippen LogP contribution in [0.1, 0.15) is 11.4 Å². The third-order valence-electron chi connectivity index (χ3n) is 4.23. The molecule has 10 heteroatoms. The minimum absolute atomic E-state index is 0.102. The minimum Gasteiger partial charge on any atom is -0.454 e. The first-order valence-electron chi connectivity index (χ1n) is 8.99. The normalized spacial score (nSPS) is 11.7. The van der Waals surface area contributed by atoms with Crippen LogP contribution in [0.15, 0.2) is 54.9 Å². The Morgan fingerprint density at radius 2 is 1.67 bits per heavy atom. The van der Waals surface area contributed by atoms with Gasteiger partial charge in [-0.25, -0.2) is 9.37 Å². The molecular formula is C20H15F4N5O. The fourth-order valence-corrected chi connectivity index (χ4v) is 2.84. The van der Waals surface area contributed by atoms with E-state index in [4.69, 9.17) is 4.74 Å². The number of hydrogen-bond acceptors (Lipinski definition) is 5. The lowest BCUT2D eigenvalue weighted by atomic mass is 10.1. The maximum Gasteiger partial charge on any atom is 0.422 e. The summed E-state index contributed by atoms with van der Waals surface area (Å²) in [5.41, 5.74) is 2.21. The number of fused-ring (bicyclic) bond motifs is 1. The number of hydrogen-bond donors (Lipinski definition) is 0. The Balaban J connectivity index is 1.66. The summed E-state index contributed by atoms with van der Waals surface area (Å²) in [7, 11) is 0. The van der Waals surface area contributed by atoms with E-state index in [1.807, 2.05) is 6.07 Å². The maximum atomic E-state index is 13.1. The van der Waals surface area contributed by atoms with Crippen molar-refractivity contribution in [2.24, 2.45) is 0 Å². The lowest BCUT2D eigenvalue weighted by Crippen LogP contribution is -2.21. The van der Waals surface area contributed by atoms with Crippen molar-refractivity contribution in [2.45, 2.75) is 19.0 Å². The minimum atomic E-state index is -4.53. The number of aromatic nitrogens is 5. The van der Waals surface area contributed by atoms with E-state index in [1.165, 1.54) is 18.5 Å². The second-order valence-corrected chi connectivity index (χ2v) is 6.47. The molecule has 0 amide bonds. The molecule has 0 saturated heterocycles. The molecule has 2 heterocycles. The average molecular weight is 417 g/mol. The molecule has 2 aromatic carbocycles. The Labute approximate surface area is 168 Å². The summed E-state index contributed by atoms with van der Waals surface area (Å²) in [6.45, 7) is -1.52. The summed E-state index contributed by atoms with van der Waals surface area (Å²) in [5.74, 6) is 0.000261. The van der Waals surface area contributed by atoms with Crippen molar-refractivity contribution in [3.63, 3.8) is 0 Å². The van der Waals surface area contributed by atoms with Crippen molar-refractivity contribution < 1.29 is 22.3 Å². The van der Waals surface area contributed by atoms with Gasteiger partial charge in [-0.15, -0.1) is 0 Å². The number of benzene rings is 2. The summed E-state index contributed by atoms with van der Waals surface area (Å²) < 4.78 is 57.1. The fraction of sp³-hybridized carbons (Fsp3) is 0.200. The fourth-order valence-electron chi connectivity index (χ4n) is 2.84. The van der Waals surface area contributed by atoms with Crippen LogP contribution in [-0.4, -0.2) is 37.3 Å². The molecule has 154 valence electrons. The van der Waals surface area contributed by atoms with Crippen LogP contribution in [0.4, 0.5) is 17.6 Å². The van der Waals surface area contributed by atoms with Crippen molar-refractivity contribution in [1.29, 1.82) is 0 Å². The molecule has 30 heavy (non-hydrogen) atoms. The van der Waals surface area contributed by atoms with E-state index in [9.17, 15) is 17.6 Å². The van der Waals surface area contributed by atoms with Crippen LogP contribution in [0, 0.1) is 5.82 Å². The Morgan fingerprint density at radius 3 is 2.43 bits per heavy atom. The zero-order valence-corrected chi connectivity index (χ0v) is 15.5. The number of alkyl halides is 3. The Morgan fingerprint density at radius 1 is 0.900 bits per heavy atom. The van der Waals surface area contributed by atoms with Gasteiger partial charge in [0.15, 0.2) is 6.61 Å². The molecular weight excluding hydrogens is 402 g/mol. The van der Waals surface area contributed by atoms with Crippen molar-refractivity contribution in [1.82, 2.24) is 24.5 Å². The third-order valence-corrected chi connectivity index (χ3v) is 4.23. The second-order valence-electron chi connectivity index (χ2n) is 6.47. The first kappa shape index (κ1) is 19.7. The van der Waals surface area contributed by atoms with E-state index in [-0.39, 0.29) is 17.6 Å². The highest BCUT2D eigenvalue weighted by molar-refractivity contribution is 5.76. The molecule has 0 atom stereocenters. The number of para-hydroxylation sites is 2. The SMILES string of the molecule is Fc1ccc(CCc2nc(OCC(F)(F)F)nc(-n3cnc4ccccc43)n2)cc1. The van der Waals surface area contributed by atoms with E-state index in [1.54, 1.807) is 34.9 Å². The Kier molecular flexibility index (Phi) is 5.30. The zero-order valence-electron chi connectivity index (χ0n) is 15.5. The van der Waals surface area contributed by atoms with Gasteiger partial charge in [-0.3, -0.25) is 4.57 Å². The van der Waals surface area contributed by atoms with Gasteiger partial charge in [0.1, 0.15) is 18.0 Å². The van der Waals surface area contributed by atoms with Gasteiger partial charge in [0.2, 0.25) is 5.95 Å². The molecule has 6 nitrogen and oxygen atoms in total. The number of nitrogens with zero attached hydrogens (tertiary/aromatic N) is 5. The van der Waals surface area contributed by atoms with Gasteiger partial charge in [-0.1, -0.05) is 24.3 Å². The van der Waals surface area contributed by atoms with Crippen LogP contribution < -0.4 is 4.74 Å². The zero-order chi connectivity index (χ0) is 21.1. The predicted molar refractivity (Wildman–Crippen MR) is 99.8 cm³/mol. The molecule has 0 bridgehead atoms. The number of halogens is 4. The van der Waals surface area contributed by atoms with Crippen LogP contribution in [0.3, 0.4) is 0 Å². The van der Waals surface area contributed by atoms with E-state index in [2.05, 4.69) is 19.9 Å². The largest absolute Gasteiger partial charge is 0.454 e. The number of aryl methyl sites for hydroxylation is 2.